The van der Waals surface area contributed by atoms with Gasteiger partial charge in [-0.25, -0.2) is 0 Å². The third-order valence-electron chi connectivity index (χ3n) is 3.72. The predicted molar refractivity (Wildman–Crippen MR) is 91.5 cm³/mol. The lowest BCUT2D eigenvalue weighted by molar-refractivity contribution is -0.127. The third-order valence-corrected chi connectivity index (χ3v) is 3.72. The summed E-state index contributed by atoms with van der Waals surface area (Å²) in [6.07, 6.45) is 2.06. The fourth-order valence-corrected chi connectivity index (χ4v) is 2.26. The van der Waals surface area contributed by atoms with Crippen LogP contribution in [-0.2, 0) is 9.59 Å². The number of amides is 2. The van der Waals surface area contributed by atoms with Crippen LogP contribution in [0, 0.1) is 0 Å². The first kappa shape index (κ1) is 16.1. The van der Waals surface area contributed by atoms with Crippen LogP contribution >= 0.6 is 0 Å². The van der Waals surface area contributed by atoms with Gasteiger partial charge in [-0.1, -0.05) is 42.5 Å². The smallest absolute Gasteiger partial charge is 0.258 e. The van der Waals surface area contributed by atoms with E-state index in [2.05, 4.69) is 10.6 Å². The summed E-state index contributed by atoms with van der Waals surface area (Å²) in [6, 6.07) is 17.9. The van der Waals surface area contributed by atoms with E-state index in [1.54, 1.807) is 0 Å². The van der Waals surface area contributed by atoms with Gasteiger partial charge in [-0.15, -0.1) is 0 Å². The van der Waals surface area contributed by atoms with Gasteiger partial charge in [0.25, 0.3) is 5.91 Å². The topological polar surface area (TPSA) is 67.4 Å². The van der Waals surface area contributed by atoms with E-state index >= 15 is 0 Å². The third kappa shape index (κ3) is 4.84. The molecule has 24 heavy (non-hydrogen) atoms. The minimum absolute atomic E-state index is 0.00830. The lowest BCUT2D eigenvalue weighted by Crippen LogP contribution is -2.39. The molecule has 0 bridgehead atoms. The van der Waals surface area contributed by atoms with Crippen LogP contribution in [0.4, 0.5) is 0 Å². The SMILES string of the molecule is O=C(COc1ccc(-c2ccccc2)cc1)NCC(=O)NC1CC1. The van der Waals surface area contributed by atoms with E-state index in [9.17, 15) is 9.59 Å². The number of ether oxygens (including phenoxy) is 1. The number of hydrogen-bond donors (Lipinski definition) is 2. The Morgan fingerprint density at radius 3 is 2.25 bits per heavy atom. The zero-order valence-corrected chi connectivity index (χ0v) is 13.3. The minimum Gasteiger partial charge on any atom is -0.484 e. The number of carbonyl (C=O) groups excluding carboxylic acids is 2. The molecule has 1 aliphatic rings. The fourth-order valence-electron chi connectivity index (χ4n) is 2.26. The molecule has 0 radical (unpaired) electrons. The van der Waals surface area contributed by atoms with Gasteiger partial charge in [0.2, 0.25) is 5.91 Å². The molecule has 0 saturated heterocycles. The molecule has 0 atom stereocenters. The van der Waals surface area contributed by atoms with E-state index in [0.717, 1.165) is 24.0 Å². The first-order valence-electron chi connectivity index (χ1n) is 8.05. The summed E-state index contributed by atoms with van der Waals surface area (Å²) in [5, 5.41) is 5.36. The minimum atomic E-state index is -0.312. The molecule has 0 aliphatic heterocycles. The van der Waals surface area contributed by atoms with Gasteiger partial charge in [-0.05, 0) is 36.1 Å². The van der Waals surface area contributed by atoms with Crippen molar-refractivity contribution in [1.29, 1.82) is 0 Å². The Hall–Kier alpha value is -2.82. The van der Waals surface area contributed by atoms with Crippen LogP contribution in [0.15, 0.2) is 54.6 Å². The maximum atomic E-state index is 11.7. The Kier molecular flexibility index (Phi) is 5.11. The van der Waals surface area contributed by atoms with Gasteiger partial charge in [-0.2, -0.15) is 0 Å². The maximum absolute atomic E-state index is 11.7. The molecule has 1 aliphatic carbocycles. The first-order valence-corrected chi connectivity index (χ1v) is 8.05. The second-order valence-electron chi connectivity index (χ2n) is 5.80. The standard InChI is InChI=1S/C19H20N2O3/c22-18(21-16-8-9-16)12-20-19(23)13-24-17-10-6-15(7-11-17)14-4-2-1-3-5-14/h1-7,10-11,16H,8-9,12-13H2,(H,20,23)(H,21,22). The molecule has 0 heterocycles. The van der Waals surface area contributed by atoms with Gasteiger partial charge in [0, 0.05) is 6.04 Å². The van der Waals surface area contributed by atoms with E-state index in [-0.39, 0.29) is 25.0 Å². The normalized spacial score (nSPS) is 13.2. The molecule has 0 aromatic heterocycles. The Morgan fingerprint density at radius 1 is 0.917 bits per heavy atom. The van der Waals surface area contributed by atoms with Crippen molar-refractivity contribution in [2.45, 2.75) is 18.9 Å². The van der Waals surface area contributed by atoms with Crippen molar-refractivity contribution >= 4 is 11.8 Å². The average molecular weight is 324 g/mol. The molecule has 124 valence electrons. The van der Waals surface area contributed by atoms with Crippen LogP contribution < -0.4 is 15.4 Å². The number of rotatable bonds is 7. The van der Waals surface area contributed by atoms with Crippen LogP contribution in [0.1, 0.15) is 12.8 Å². The summed E-state index contributed by atoms with van der Waals surface area (Å²) in [6.45, 7) is -0.118. The van der Waals surface area contributed by atoms with Crippen LogP contribution in [0.3, 0.4) is 0 Å². The molecule has 1 fully saturated rings. The quantitative estimate of drug-likeness (QED) is 0.820. The average Bonchev–Trinajstić information content (AvgIpc) is 3.43. The van der Waals surface area contributed by atoms with Gasteiger partial charge < -0.3 is 15.4 Å². The molecule has 0 spiro atoms. The van der Waals surface area contributed by atoms with Gasteiger partial charge in [0.15, 0.2) is 6.61 Å². The van der Waals surface area contributed by atoms with E-state index in [1.807, 2.05) is 54.6 Å². The zero-order valence-electron chi connectivity index (χ0n) is 13.3. The molecular formula is C19H20N2O3. The molecule has 2 aromatic carbocycles. The van der Waals surface area contributed by atoms with Crippen molar-refractivity contribution in [3.05, 3.63) is 54.6 Å². The summed E-state index contributed by atoms with van der Waals surface area (Å²) >= 11 is 0. The molecule has 0 unspecified atom stereocenters. The lowest BCUT2D eigenvalue weighted by Gasteiger charge is -2.08. The van der Waals surface area contributed by atoms with Gasteiger partial charge in [0.1, 0.15) is 5.75 Å². The van der Waals surface area contributed by atoms with Crippen molar-refractivity contribution in [2.75, 3.05) is 13.2 Å². The molecule has 2 aromatic rings. The highest BCUT2D eigenvalue weighted by Crippen LogP contribution is 2.22. The molecule has 3 rings (SSSR count). The van der Waals surface area contributed by atoms with Crippen LogP contribution in [-0.4, -0.2) is 31.0 Å². The number of hydrogen-bond acceptors (Lipinski definition) is 3. The van der Waals surface area contributed by atoms with Crippen molar-refractivity contribution in [2.24, 2.45) is 0 Å². The van der Waals surface area contributed by atoms with Gasteiger partial charge >= 0.3 is 0 Å². The molecule has 5 nitrogen and oxygen atoms in total. The summed E-state index contributed by atoms with van der Waals surface area (Å²) in [5.41, 5.74) is 2.22. The summed E-state index contributed by atoms with van der Waals surface area (Å²) in [5.74, 6) is 0.151. The van der Waals surface area contributed by atoms with E-state index in [4.69, 9.17) is 4.74 Å². The van der Waals surface area contributed by atoms with Crippen molar-refractivity contribution < 1.29 is 14.3 Å². The van der Waals surface area contributed by atoms with Crippen LogP contribution in [0.5, 0.6) is 5.75 Å². The predicted octanol–water partition coefficient (Wildman–Crippen LogP) is 2.13. The van der Waals surface area contributed by atoms with Crippen LogP contribution in [0.25, 0.3) is 11.1 Å². The zero-order chi connectivity index (χ0) is 16.8. The molecule has 2 amide bonds. The fraction of sp³-hybridized carbons (Fsp3) is 0.263. The van der Waals surface area contributed by atoms with E-state index in [1.165, 1.54) is 0 Å². The Bertz CT molecular complexity index is 694. The maximum Gasteiger partial charge on any atom is 0.258 e. The number of carbonyl (C=O) groups is 2. The second kappa shape index (κ2) is 7.64. The molecule has 1 saturated carbocycles. The largest absolute Gasteiger partial charge is 0.484 e. The summed E-state index contributed by atoms with van der Waals surface area (Å²) in [7, 11) is 0. The highest BCUT2D eigenvalue weighted by molar-refractivity contribution is 5.85. The second-order valence-corrected chi connectivity index (χ2v) is 5.80. The monoisotopic (exact) mass is 324 g/mol. The number of nitrogens with one attached hydrogen (secondary N) is 2. The molecule has 2 N–H and O–H groups in total. The van der Waals surface area contributed by atoms with Crippen molar-refractivity contribution in [1.82, 2.24) is 10.6 Å². The Morgan fingerprint density at radius 2 is 1.58 bits per heavy atom. The van der Waals surface area contributed by atoms with Crippen LogP contribution in [0.2, 0.25) is 0 Å². The van der Waals surface area contributed by atoms with Gasteiger partial charge in [-0.3, -0.25) is 9.59 Å². The highest BCUT2D eigenvalue weighted by atomic mass is 16.5. The number of benzene rings is 2. The van der Waals surface area contributed by atoms with E-state index < -0.39 is 0 Å². The Labute approximate surface area is 141 Å². The molecular weight excluding hydrogens is 304 g/mol. The lowest BCUT2D eigenvalue weighted by atomic mass is 10.1. The first-order chi connectivity index (χ1) is 11.7. The van der Waals surface area contributed by atoms with Gasteiger partial charge in [0.05, 0.1) is 6.54 Å². The highest BCUT2D eigenvalue weighted by Gasteiger charge is 2.23. The van der Waals surface area contributed by atoms with Crippen molar-refractivity contribution in [3.63, 3.8) is 0 Å². The van der Waals surface area contributed by atoms with E-state index in [0.29, 0.717) is 11.8 Å². The Balaban J connectivity index is 1.42. The van der Waals surface area contributed by atoms with Crippen molar-refractivity contribution in [3.8, 4) is 16.9 Å². The summed E-state index contributed by atoms with van der Waals surface area (Å²) in [4.78, 5) is 23.2. The summed E-state index contributed by atoms with van der Waals surface area (Å²) < 4.78 is 5.44. The molecule has 5 heteroatoms.